The van der Waals surface area contributed by atoms with E-state index in [0.29, 0.717) is 12.5 Å². The number of esters is 1. The molecule has 1 fully saturated rings. The Morgan fingerprint density at radius 2 is 2.00 bits per heavy atom. The molecule has 0 aromatic carbocycles. The second-order valence-corrected chi connectivity index (χ2v) is 7.83. The number of hydrogen-bond donors (Lipinski definition) is 0. The van der Waals surface area contributed by atoms with Crippen molar-refractivity contribution in [2.75, 3.05) is 44.7 Å². The van der Waals surface area contributed by atoms with Crippen LogP contribution in [0.15, 0.2) is 5.38 Å². The number of carbonyl (C=O) groups excluding carboxylic acids is 1. The molecule has 1 aliphatic rings. The lowest BCUT2D eigenvalue weighted by atomic mass is 10.0. The number of fused-ring (bicyclic) bond motifs is 1. The van der Waals surface area contributed by atoms with Crippen molar-refractivity contribution in [3.05, 3.63) is 16.8 Å². The largest absolute Gasteiger partial charge is 0.468 e. The zero-order valence-corrected chi connectivity index (χ0v) is 16.2. The van der Waals surface area contributed by atoms with Gasteiger partial charge in [-0.05, 0) is 30.2 Å². The highest BCUT2D eigenvalue weighted by Gasteiger charge is 2.24. The maximum absolute atomic E-state index is 11.5. The number of thiophene rings is 1. The van der Waals surface area contributed by atoms with Gasteiger partial charge in [-0.1, -0.05) is 13.8 Å². The number of anilines is 1. The molecule has 0 spiro atoms. The molecule has 0 N–H and O–H groups in total. The van der Waals surface area contributed by atoms with E-state index >= 15 is 0 Å². The molecule has 6 nitrogen and oxygen atoms in total. The Balaban J connectivity index is 1.83. The van der Waals surface area contributed by atoms with E-state index in [1.165, 1.54) is 18.1 Å². The molecule has 1 aliphatic heterocycles. The van der Waals surface area contributed by atoms with Crippen LogP contribution in [0.4, 0.5) is 5.82 Å². The number of rotatable bonds is 5. The molecule has 136 valence electrons. The van der Waals surface area contributed by atoms with Crippen LogP contribution in [-0.2, 0) is 16.0 Å². The first kappa shape index (κ1) is 18.1. The van der Waals surface area contributed by atoms with Crippen LogP contribution in [0.1, 0.15) is 25.2 Å². The normalized spacial score (nSPS) is 16.0. The highest BCUT2D eigenvalue weighted by Crippen LogP contribution is 2.33. The minimum absolute atomic E-state index is 0.175. The van der Waals surface area contributed by atoms with Gasteiger partial charge in [-0.3, -0.25) is 9.69 Å². The maximum Gasteiger partial charge on any atom is 0.319 e. The maximum atomic E-state index is 11.5. The zero-order chi connectivity index (χ0) is 18.0. The Hall–Kier alpha value is -1.73. The van der Waals surface area contributed by atoms with E-state index in [1.807, 2.05) is 6.92 Å². The summed E-state index contributed by atoms with van der Waals surface area (Å²) in [4.78, 5) is 26.4. The van der Waals surface area contributed by atoms with Crippen LogP contribution in [0.5, 0.6) is 0 Å². The van der Waals surface area contributed by atoms with Crippen LogP contribution in [0.25, 0.3) is 10.2 Å². The van der Waals surface area contributed by atoms with E-state index in [-0.39, 0.29) is 5.97 Å². The summed E-state index contributed by atoms with van der Waals surface area (Å²) in [5.74, 6) is 2.30. The molecule has 0 bridgehead atoms. The summed E-state index contributed by atoms with van der Waals surface area (Å²) < 4.78 is 4.77. The molecular weight excluding hydrogens is 336 g/mol. The lowest BCUT2D eigenvalue weighted by Crippen LogP contribution is -2.48. The number of aryl methyl sites for hydroxylation is 1. The summed E-state index contributed by atoms with van der Waals surface area (Å²) in [6, 6.07) is 0. The highest BCUT2D eigenvalue weighted by molar-refractivity contribution is 7.17. The SMILES string of the molecule is COC(=O)CN1CCN(c2nc(C)nc3scc(CC(C)C)c23)CC1. The van der Waals surface area contributed by atoms with Gasteiger partial charge >= 0.3 is 5.97 Å². The summed E-state index contributed by atoms with van der Waals surface area (Å²) >= 11 is 1.71. The molecule has 3 rings (SSSR count). The van der Waals surface area contributed by atoms with Crippen molar-refractivity contribution in [3.63, 3.8) is 0 Å². The number of ether oxygens (including phenoxy) is 1. The third kappa shape index (κ3) is 4.10. The molecule has 0 radical (unpaired) electrons. The van der Waals surface area contributed by atoms with Crippen molar-refractivity contribution in [1.29, 1.82) is 0 Å². The van der Waals surface area contributed by atoms with Crippen molar-refractivity contribution in [2.24, 2.45) is 5.92 Å². The van der Waals surface area contributed by atoms with Gasteiger partial charge in [0, 0.05) is 26.2 Å². The molecule has 25 heavy (non-hydrogen) atoms. The van der Waals surface area contributed by atoms with Crippen molar-refractivity contribution in [1.82, 2.24) is 14.9 Å². The van der Waals surface area contributed by atoms with Gasteiger partial charge in [0.1, 0.15) is 16.5 Å². The van der Waals surface area contributed by atoms with Gasteiger partial charge in [0.2, 0.25) is 0 Å². The molecule has 7 heteroatoms. The first-order valence-electron chi connectivity index (χ1n) is 8.76. The summed E-state index contributed by atoms with van der Waals surface area (Å²) in [6.07, 6.45) is 1.04. The minimum atomic E-state index is -0.175. The van der Waals surface area contributed by atoms with Crippen LogP contribution >= 0.6 is 11.3 Å². The molecule has 0 unspecified atom stereocenters. The number of hydrogen-bond acceptors (Lipinski definition) is 7. The Morgan fingerprint density at radius 3 is 2.64 bits per heavy atom. The zero-order valence-electron chi connectivity index (χ0n) is 15.4. The predicted octanol–water partition coefficient (Wildman–Crippen LogP) is 2.49. The van der Waals surface area contributed by atoms with E-state index in [4.69, 9.17) is 9.72 Å². The minimum Gasteiger partial charge on any atom is -0.468 e. The van der Waals surface area contributed by atoms with Crippen molar-refractivity contribution < 1.29 is 9.53 Å². The van der Waals surface area contributed by atoms with Crippen LogP contribution in [0.3, 0.4) is 0 Å². The van der Waals surface area contributed by atoms with E-state index in [2.05, 4.69) is 34.0 Å². The fraction of sp³-hybridized carbons (Fsp3) is 0.611. The number of nitrogens with zero attached hydrogens (tertiary/aromatic N) is 4. The summed E-state index contributed by atoms with van der Waals surface area (Å²) in [7, 11) is 1.44. The second-order valence-electron chi connectivity index (χ2n) is 6.97. The van der Waals surface area contributed by atoms with E-state index in [9.17, 15) is 4.79 Å². The number of carbonyl (C=O) groups is 1. The van der Waals surface area contributed by atoms with Crippen molar-refractivity contribution >= 4 is 33.3 Å². The van der Waals surface area contributed by atoms with Gasteiger partial charge in [-0.15, -0.1) is 11.3 Å². The molecule has 1 saturated heterocycles. The van der Waals surface area contributed by atoms with E-state index < -0.39 is 0 Å². The summed E-state index contributed by atoms with van der Waals surface area (Å²) in [5, 5.41) is 3.45. The van der Waals surface area contributed by atoms with Gasteiger partial charge in [-0.2, -0.15) is 0 Å². The van der Waals surface area contributed by atoms with Gasteiger partial charge < -0.3 is 9.64 Å². The summed E-state index contributed by atoms with van der Waals surface area (Å²) in [5.41, 5.74) is 1.35. The molecule has 0 amide bonds. The third-order valence-corrected chi connectivity index (χ3v) is 5.40. The average molecular weight is 362 g/mol. The van der Waals surface area contributed by atoms with Gasteiger partial charge in [0.05, 0.1) is 19.0 Å². The lowest BCUT2D eigenvalue weighted by molar-refractivity contribution is -0.142. The van der Waals surface area contributed by atoms with Crippen LogP contribution in [0, 0.1) is 12.8 Å². The van der Waals surface area contributed by atoms with Gasteiger partial charge in [0.25, 0.3) is 0 Å². The second kappa shape index (κ2) is 7.66. The Bertz CT molecular complexity index is 751. The molecule has 0 saturated carbocycles. The van der Waals surface area contributed by atoms with E-state index in [0.717, 1.165) is 49.1 Å². The fourth-order valence-corrected chi connectivity index (χ4v) is 4.26. The monoisotopic (exact) mass is 362 g/mol. The molecular formula is C18H26N4O2S. The third-order valence-electron chi connectivity index (χ3n) is 4.48. The predicted molar refractivity (Wildman–Crippen MR) is 101 cm³/mol. The quantitative estimate of drug-likeness (QED) is 0.762. The highest BCUT2D eigenvalue weighted by atomic mass is 32.1. The lowest BCUT2D eigenvalue weighted by Gasteiger charge is -2.35. The fourth-order valence-electron chi connectivity index (χ4n) is 3.27. The Labute approximate surface area is 152 Å². The number of aromatic nitrogens is 2. The average Bonchev–Trinajstić information content (AvgIpc) is 2.96. The first-order chi connectivity index (χ1) is 12.0. The molecule has 2 aromatic heterocycles. The molecule has 3 heterocycles. The van der Waals surface area contributed by atoms with Crippen molar-refractivity contribution in [2.45, 2.75) is 27.2 Å². The van der Waals surface area contributed by atoms with Crippen LogP contribution in [-0.4, -0.2) is 60.7 Å². The Kier molecular flexibility index (Phi) is 5.54. The Morgan fingerprint density at radius 1 is 1.28 bits per heavy atom. The molecule has 2 aromatic rings. The smallest absolute Gasteiger partial charge is 0.319 e. The topological polar surface area (TPSA) is 58.6 Å². The van der Waals surface area contributed by atoms with Crippen molar-refractivity contribution in [3.8, 4) is 0 Å². The summed E-state index contributed by atoms with van der Waals surface area (Å²) in [6.45, 7) is 10.2. The van der Waals surface area contributed by atoms with Gasteiger partial charge in [-0.25, -0.2) is 9.97 Å². The first-order valence-corrected chi connectivity index (χ1v) is 9.64. The van der Waals surface area contributed by atoms with Crippen LogP contribution < -0.4 is 4.90 Å². The molecule has 0 aliphatic carbocycles. The molecule has 0 atom stereocenters. The van der Waals surface area contributed by atoms with Crippen LogP contribution in [0.2, 0.25) is 0 Å². The number of piperazine rings is 1. The standard InChI is InChI=1S/C18H26N4O2S/c1-12(2)9-14-11-25-18-16(14)17(19-13(3)20-18)22-7-5-21(6-8-22)10-15(23)24-4/h11-12H,5-10H2,1-4H3. The van der Waals surface area contributed by atoms with E-state index in [1.54, 1.807) is 11.3 Å². The van der Waals surface area contributed by atoms with Gasteiger partial charge in [0.15, 0.2) is 0 Å². The number of methoxy groups -OCH3 is 1.